The van der Waals surface area contributed by atoms with Crippen LogP contribution >= 0.6 is 0 Å². The number of nitrogens with zero attached hydrogens (tertiary/aromatic N) is 1. The van der Waals surface area contributed by atoms with Crippen LogP contribution in [0.4, 0.5) is 0 Å². The average molecular weight is 612 g/mol. The molecule has 1 heterocycles. The molecule has 0 atom stereocenters. The number of benzene rings is 7. The van der Waals surface area contributed by atoms with Crippen LogP contribution < -0.4 is 0 Å². The SMILES string of the molecule is Cc1cc(-c2ccc3c4c(cccc24)-c2c-3c(-c3ccccc3)c3ccccc3c2-c2ccccc2)c2c(n1)-c1ccccc1C2(C)C. The molecule has 1 aromatic heterocycles. The molecule has 8 aromatic rings. The molecule has 0 bridgehead atoms. The van der Waals surface area contributed by atoms with Crippen LogP contribution in [0.15, 0.2) is 146 Å². The van der Waals surface area contributed by atoms with E-state index in [1.54, 1.807) is 0 Å². The Morgan fingerprint density at radius 1 is 0.438 bits per heavy atom. The molecular weight excluding hydrogens is 579 g/mol. The Labute approximate surface area is 281 Å². The molecule has 0 aliphatic heterocycles. The quantitative estimate of drug-likeness (QED) is 0.194. The van der Waals surface area contributed by atoms with E-state index in [4.69, 9.17) is 4.98 Å². The molecule has 1 nitrogen and oxygen atoms in total. The summed E-state index contributed by atoms with van der Waals surface area (Å²) < 4.78 is 0. The smallest absolute Gasteiger partial charge is 0.0755 e. The fraction of sp³-hybridized carbons (Fsp3) is 0.0851. The van der Waals surface area contributed by atoms with Crippen molar-refractivity contribution in [2.24, 2.45) is 0 Å². The van der Waals surface area contributed by atoms with Gasteiger partial charge in [-0.05, 0) is 101 Å². The van der Waals surface area contributed by atoms with E-state index in [1.165, 1.54) is 93.9 Å². The average Bonchev–Trinajstić information content (AvgIpc) is 3.57. The van der Waals surface area contributed by atoms with Crippen LogP contribution in [0.5, 0.6) is 0 Å². The van der Waals surface area contributed by atoms with Crippen LogP contribution in [-0.2, 0) is 5.41 Å². The highest BCUT2D eigenvalue weighted by molar-refractivity contribution is 6.28. The van der Waals surface area contributed by atoms with Crippen LogP contribution in [0.3, 0.4) is 0 Å². The van der Waals surface area contributed by atoms with Gasteiger partial charge in [0, 0.05) is 16.7 Å². The van der Waals surface area contributed by atoms with Crippen molar-refractivity contribution in [2.75, 3.05) is 0 Å². The van der Waals surface area contributed by atoms with Crippen LogP contribution in [-0.4, -0.2) is 4.98 Å². The standard InChI is InChI=1S/C47H33N/c1-28-27-38(45-46(48-28)35-21-12-13-24-39(35)47(45,2)3)31-25-26-37-42-32(31)22-14-23-36(42)43-40(29-15-6-4-7-16-29)33-19-10-11-20-34(33)41(44(37)43)30-17-8-5-9-18-30/h4-27H,1-3H3. The normalized spacial score (nSPS) is 13.5. The van der Waals surface area contributed by atoms with Gasteiger partial charge in [0.25, 0.3) is 0 Å². The molecule has 0 unspecified atom stereocenters. The summed E-state index contributed by atoms with van der Waals surface area (Å²) in [6.45, 7) is 6.85. The lowest BCUT2D eigenvalue weighted by atomic mass is 9.78. The zero-order valence-electron chi connectivity index (χ0n) is 27.3. The second kappa shape index (κ2) is 9.86. The molecule has 2 aliphatic rings. The molecule has 1 heteroatoms. The molecule has 0 fully saturated rings. The van der Waals surface area contributed by atoms with Gasteiger partial charge in [-0.25, -0.2) is 0 Å². The predicted molar refractivity (Wildman–Crippen MR) is 202 cm³/mol. The fourth-order valence-corrected chi connectivity index (χ4v) is 8.93. The highest BCUT2D eigenvalue weighted by Crippen LogP contribution is 2.59. The second-order valence-electron chi connectivity index (χ2n) is 13.9. The van der Waals surface area contributed by atoms with Crippen molar-refractivity contribution in [3.8, 4) is 66.9 Å². The minimum atomic E-state index is -0.160. The first kappa shape index (κ1) is 27.3. The molecule has 226 valence electrons. The van der Waals surface area contributed by atoms with Crippen molar-refractivity contribution >= 4 is 21.5 Å². The van der Waals surface area contributed by atoms with Crippen molar-refractivity contribution in [1.82, 2.24) is 4.98 Å². The van der Waals surface area contributed by atoms with Gasteiger partial charge in [0.1, 0.15) is 0 Å². The van der Waals surface area contributed by atoms with Crippen molar-refractivity contribution < 1.29 is 0 Å². The van der Waals surface area contributed by atoms with Gasteiger partial charge in [0.05, 0.1) is 5.69 Å². The van der Waals surface area contributed by atoms with Gasteiger partial charge in [-0.2, -0.15) is 0 Å². The Morgan fingerprint density at radius 2 is 0.958 bits per heavy atom. The van der Waals surface area contributed by atoms with Gasteiger partial charge in [-0.15, -0.1) is 0 Å². The number of pyridine rings is 1. The van der Waals surface area contributed by atoms with Crippen molar-refractivity contribution in [3.05, 3.63) is 162 Å². The Bertz CT molecular complexity index is 2530. The van der Waals surface area contributed by atoms with Gasteiger partial charge >= 0.3 is 0 Å². The van der Waals surface area contributed by atoms with E-state index in [0.29, 0.717) is 0 Å². The van der Waals surface area contributed by atoms with Crippen LogP contribution in [0.25, 0.3) is 88.4 Å². The number of aromatic nitrogens is 1. The third-order valence-electron chi connectivity index (χ3n) is 10.8. The minimum absolute atomic E-state index is 0.160. The van der Waals surface area contributed by atoms with Crippen LogP contribution in [0.1, 0.15) is 30.7 Å². The number of aryl methyl sites for hydroxylation is 1. The van der Waals surface area contributed by atoms with Gasteiger partial charge in [-0.1, -0.05) is 153 Å². The summed E-state index contributed by atoms with van der Waals surface area (Å²) in [6, 6.07) is 53.8. The van der Waals surface area contributed by atoms with Gasteiger partial charge in [0.2, 0.25) is 0 Å². The first-order valence-electron chi connectivity index (χ1n) is 16.9. The largest absolute Gasteiger partial charge is 0.253 e. The summed E-state index contributed by atoms with van der Waals surface area (Å²) >= 11 is 0. The van der Waals surface area contributed by atoms with Crippen molar-refractivity contribution in [3.63, 3.8) is 0 Å². The Morgan fingerprint density at radius 3 is 1.62 bits per heavy atom. The molecular formula is C47H33N. The van der Waals surface area contributed by atoms with E-state index in [1.807, 2.05) is 0 Å². The van der Waals surface area contributed by atoms with E-state index in [9.17, 15) is 0 Å². The topological polar surface area (TPSA) is 12.9 Å². The predicted octanol–water partition coefficient (Wildman–Crippen LogP) is 12.7. The lowest BCUT2D eigenvalue weighted by Gasteiger charge is -2.25. The first-order chi connectivity index (χ1) is 23.5. The van der Waals surface area contributed by atoms with E-state index in [0.717, 1.165) is 11.4 Å². The lowest BCUT2D eigenvalue weighted by molar-refractivity contribution is 0.660. The molecule has 7 aromatic carbocycles. The van der Waals surface area contributed by atoms with Crippen molar-refractivity contribution in [2.45, 2.75) is 26.2 Å². The van der Waals surface area contributed by atoms with E-state index >= 15 is 0 Å². The molecule has 48 heavy (non-hydrogen) atoms. The van der Waals surface area contributed by atoms with E-state index in [2.05, 4.69) is 166 Å². The summed E-state index contributed by atoms with van der Waals surface area (Å²) in [5.41, 5.74) is 18.9. The zero-order chi connectivity index (χ0) is 32.1. The van der Waals surface area contributed by atoms with Gasteiger partial charge in [0.15, 0.2) is 0 Å². The molecule has 0 amide bonds. The van der Waals surface area contributed by atoms with Crippen LogP contribution in [0.2, 0.25) is 0 Å². The number of hydrogen-bond acceptors (Lipinski definition) is 1. The second-order valence-corrected chi connectivity index (χ2v) is 13.9. The third kappa shape index (κ3) is 3.59. The zero-order valence-corrected chi connectivity index (χ0v) is 27.3. The lowest BCUT2D eigenvalue weighted by Crippen LogP contribution is -2.16. The maximum atomic E-state index is 5.16. The highest BCUT2D eigenvalue weighted by atomic mass is 14.7. The molecule has 0 saturated carbocycles. The summed E-state index contributed by atoms with van der Waals surface area (Å²) in [5, 5.41) is 5.20. The molecule has 0 saturated heterocycles. The monoisotopic (exact) mass is 611 g/mol. The van der Waals surface area contributed by atoms with Gasteiger partial charge < -0.3 is 0 Å². The highest BCUT2D eigenvalue weighted by Gasteiger charge is 2.39. The van der Waals surface area contributed by atoms with Crippen LogP contribution in [0, 0.1) is 6.92 Å². The Hall–Kier alpha value is -5.79. The fourth-order valence-electron chi connectivity index (χ4n) is 8.93. The first-order valence-corrected chi connectivity index (χ1v) is 16.9. The summed E-state index contributed by atoms with van der Waals surface area (Å²) in [4.78, 5) is 5.16. The summed E-state index contributed by atoms with van der Waals surface area (Å²) in [7, 11) is 0. The van der Waals surface area contributed by atoms with E-state index < -0.39 is 0 Å². The third-order valence-corrected chi connectivity index (χ3v) is 10.8. The number of rotatable bonds is 3. The maximum absolute atomic E-state index is 5.16. The van der Waals surface area contributed by atoms with E-state index in [-0.39, 0.29) is 5.41 Å². The number of fused-ring (bicyclic) bond motifs is 7. The van der Waals surface area contributed by atoms with Crippen molar-refractivity contribution in [1.29, 1.82) is 0 Å². The molecule has 0 radical (unpaired) electrons. The van der Waals surface area contributed by atoms with Gasteiger partial charge in [-0.3, -0.25) is 4.98 Å². The maximum Gasteiger partial charge on any atom is 0.0755 e. The molecule has 0 N–H and O–H groups in total. The molecule has 2 aliphatic carbocycles. The Balaban J connectivity index is 1.34. The minimum Gasteiger partial charge on any atom is -0.253 e. The summed E-state index contributed by atoms with van der Waals surface area (Å²) in [6.07, 6.45) is 0. The molecule has 10 rings (SSSR count). The summed E-state index contributed by atoms with van der Waals surface area (Å²) in [5.74, 6) is 0. The molecule has 0 spiro atoms. The Kier molecular flexibility index (Phi) is 5.61. The number of hydrogen-bond donors (Lipinski definition) is 0.